The minimum Gasteiger partial charge on any atom is -0.376 e. The molecule has 0 unspecified atom stereocenters. The van der Waals surface area contributed by atoms with Gasteiger partial charge in [-0.15, -0.1) is 0 Å². The Morgan fingerprint density at radius 3 is 2.56 bits per heavy atom. The van der Waals surface area contributed by atoms with Crippen molar-refractivity contribution in [2.24, 2.45) is 5.92 Å². The summed E-state index contributed by atoms with van der Waals surface area (Å²) in [6, 6.07) is 0. The molecule has 0 spiro atoms. The Morgan fingerprint density at radius 2 is 1.94 bits per heavy atom. The van der Waals surface area contributed by atoms with Gasteiger partial charge < -0.3 is 14.2 Å². The molecule has 0 N–H and O–H groups in total. The molecule has 106 valence electrons. The summed E-state index contributed by atoms with van der Waals surface area (Å²) in [5.74, 6) is 0.539. The van der Waals surface area contributed by atoms with Gasteiger partial charge in [-0.3, -0.25) is 0 Å². The Morgan fingerprint density at radius 1 is 1.22 bits per heavy atom. The minimum absolute atomic E-state index is 0.198. The van der Waals surface area contributed by atoms with E-state index in [0.29, 0.717) is 18.6 Å². The van der Waals surface area contributed by atoms with E-state index in [2.05, 4.69) is 34.6 Å². The molecule has 4 atom stereocenters. The van der Waals surface area contributed by atoms with Crippen LogP contribution in [0.1, 0.15) is 53.9 Å². The molecule has 2 rings (SSSR count). The van der Waals surface area contributed by atoms with E-state index in [9.17, 15) is 0 Å². The molecule has 0 aromatic carbocycles. The summed E-state index contributed by atoms with van der Waals surface area (Å²) in [4.78, 5) is 0. The van der Waals surface area contributed by atoms with Crippen molar-refractivity contribution in [3.05, 3.63) is 0 Å². The number of fused-ring (bicyclic) bond motifs is 2. The topological polar surface area (TPSA) is 27.7 Å². The highest BCUT2D eigenvalue weighted by Crippen LogP contribution is 2.48. The Hall–Kier alpha value is -0.120. The molecule has 0 aromatic rings. The zero-order valence-corrected chi connectivity index (χ0v) is 12.4. The summed E-state index contributed by atoms with van der Waals surface area (Å²) < 4.78 is 18.3. The smallest absolute Gasteiger partial charge is 0.118 e. The number of hydrogen-bond acceptors (Lipinski definition) is 3. The number of hydrogen-bond donors (Lipinski definition) is 0. The van der Waals surface area contributed by atoms with Gasteiger partial charge in [0.1, 0.15) is 5.60 Å². The van der Waals surface area contributed by atoms with Gasteiger partial charge in [0.25, 0.3) is 0 Å². The average Bonchev–Trinajstić information content (AvgIpc) is 2.44. The normalized spacial score (nSPS) is 39.8. The zero-order valence-electron chi connectivity index (χ0n) is 12.4. The van der Waals surface area contributed by atoms with Crippen LogP contribution in [0.15, 0.2) is 0 Å². The van der Waals surface area contributed by atoms with E-state index in [1.54, 1.807) is 0 Å². The van der Waals surface area contributed by atoms with Crippen molar-refractivity contribution >= 4 is 0 Å². The fourth-order valence-electron chi connectivity index (χ4n) is 3.40. The van der Waals surface area contributed by atoms with Crippen LogP contribution in [-0.2, 0) is 14.2 Å². The van der Waals surface area contributed by atoms with Gasteiger partial charge in [-0.2, -0.15) is 0 Å². The molecule has 2 aliphatic rings. The van der Waals surface area contributed by atoms with Crippen LogP contribution >= 0.6 is 0 Å². The molecule has 0 radical (unpaired) electrons. The first-order valence-electron chi connectivity index (χ1n) is 7.39. The van der Waals surface area contributed by atoms with E-state index >= 15 is 0 Å². The lowest BCUT2D eigenvalue weighted by atomic mass is 9.77. The van der Waals surface area contributed by atoms with Crippen LogP contribution < -0.4 is 0 Å². The fourth-order valence-corrected chi connectivity index (χ4v) is 3.40. The predicted molar refractivity (Wildman–Crippen MR) is 71.7 cm³/mol. The zero-order chi connectivity index (χ0) is 13.3. The third-order valence-electron chi connectivity index (χ3n) is 4.15. The molecule has 1 aliphatic heterocycles. The highest BCUT2D eigenvalue weighted by atomic mass is 16.6. The summed E-state index contributed by atoms with van der Waals surface area (Å²) in [6.45, 7) is 11.2. The van der Waals surface area contributed by atoms with Gasteiger partial charge in [0.05, 0.1) is 31.0 Å². The summed E-state index contributed by atoms with van der Waals surface area (Å²) in [5, 5.41) is 0. The highest BCUT2D eigenvalue weighted by Gasteiger charge is 2.56. The van der Waals surface area contributed by atoms with Crippen molar-refractivity contribution in [3.63, 3.8) is 0 Å². The molecule has 3 nitrogen and oxygen atoms in total. The van der Waals surface area contributed by atoms with Crippen molar-refractivity contribution in [2.45, 2.75) is 83.9 Å². The maximum atomic E-state index is 6.29. The second kappa shape index (κ2) is 5.48. The van der Waals surface area contributed by atoms with Crippen molar-refractivity contribution in [3.8, 4) is 0 Å². The maximum absolute atomic E-state index is 6.29. The van der Waals surface area contributed by atoms with Crippen molar-refractivity contribution in [1.82, 2.24) is 0 Å². The lowest BCUT2D eigenvalue weighted by Crippen LogP contribution is -2.50. The number of ether oxygens (including phenoxy) is 3. The van der Waals surface area contributed by atoms with Gasteiger partial charge >= 0.3 is 0 Å². The molecule has 3 heteroatoms. The Bertz CT molecular complexity index is 277. The summed E-state index contributed by atoms with van der Waals surface area (Å²) in [5.41, 5.74) is -0.198. The van der Waals surface area contributed by atoms with Crippen LogP contribution in [0.5, 0.6) is 0 Å². The van der Waals surface area contributed by atoms with Crippen LogP contribution in [0.3, 0.4) is 0 Å². The summed E-state index contributed by atoms with van der Waals surface area (Å²) >= 11 is 0. The van der Waals surface area contributed by atoms with Crippen molar-refractivity contribution < 1.29 is 14.2 Å². The lowest BCUT2D eigenvalue weighted by molar-refractivity contribution is -0.164. The SMILES string of the molecule is CC(C)OC[C@@]12CCC[C@@H]([C@H](C)O1)[C@@H]2OC(C)C. The Kier molecular flexibility index (Phi) is 4.35. The predicted octanol–water partition coefficient (Wildman–Crippen LogP) is 3.16. The standard InChI is InChI=1S/C15H28O3/c1-10(2)16-9-15-8-6-7-13(12(5)18-15)14(15)17-11(3)4/h10-14H,6-9H2,1-5H3/t12-,13-,14-,15+/m0/s1. The molecule has 0 aromatic heterocycles. The Labute approximate surface area is 111 Å². The largest absolute Gasteiger partial charge is 0.376 e. The maximum Gasteiger partial charge on any atom is 0.118 e. The van der Waals surface area contributed by atoms with Gasteiger partial charge in [0, 0.05) is 5.92 Å². The molecular formula is C15H28O3. The first kappa shape index (κ1) is 14.3. The summed E-state index contributed by atoms with van der Waals surface area (Å²) in [7, 11) is 0. The minimum atomic E-state index is -0.198. The highest BCUT2D eigenvalue weighted by molar-refractivity contribution is 5.05. The molecular weight excluding hydrogens is 228 g/mol. The second-order valence-corrected chi connectivity index (χ2v) is 6.41. The van der Waals surface area contributed by atoms with E-state index in [0.717, 1.165) is 6.42 Å². The van der Waals surface area contributed by atoms with Gasteiger partial charge in [-0.25, -0.2) is 0 Å². The second-order valence-electron chi connectivity index (χ2n) is 6.41. The molecule has 1 saturated heterocycles. The van der Waals surface area contributed by atoms with Crippen LogP contribution in [0.25, 0.3) is 0 Å². The van der Waals surface area contributed by atoms with E-state index < -0.39 is 0 Å². The lowest BCUT2D eigenvalue weighted by Gasteiger charge is -2.40. The molecule has 1 aliphatic carbocycles. The first-order chi connectivity index (χ1) is 8.44. The molecule has 1 saturated carbocycles. The Balaban J connectivity index is 2.12. The molecule has 18 heavy (non-hydrogen) atoms. The van der Waals surface area contributed by atoms with Crippen molar-refractivity contribution in [2.75, 3.05) is 6.61 Å². The summed E-state index contributed by atoms with van der Waals surface area (Å²) in [6.07, 6.45) is 4.53. The van der Waals surface area contributed by atoms with Crippen LogP contribution in [0.4, 0.5) is 0 Å². The number of rotatable bonds is 5. The van der Waals surface area contributed by atoms with Crippen LogP contribution in [-0.4, -0.2) is 36.6 Å². The fraction of sp³-hybridized carbons (Fsp3) is 1.00. The van der Waals surface area contributed by atoms with Gasteiger partial charge in [-0.1, -0.05) is 0 Å². The molecule has 1 heterocycles. The first-order valence-corrected chi connectivity index (χ1v) is 7.39. The van der Waals surface area contributed by atoms with Gasteiger partial charge in [0.2, 0.25) is 0 Å². The van der Waals surface area contributed by atoms with Crippen LogP contribution in [0.2, 0.25) is 0 Å². The quantitative estimate of drug-likeness (QED) is 0.756. The third-order valence-corrected chi connectivity index (χ3v) is 4.15. The monoisotopic (exact) mass is 256 g/mol. The van der Waals surface area contributed by atoms with E-state index in [1.165, 1.54) is 12.8 Å². The molecule has 0 amide bonds. The third kappa shape index (κ3) is 2.73. The van der Waals surface area contributed by atoms with E-state index in [-0.39, 0.29) is 23.9 Å². The van der Waals surface area contributed by atoms with Gasteiger partial charge in [-0.05, 0) is 53.9 Å². The van der Waals surface area contributed by atoms with Crippen LogP contribution in [0, 0.1) is 5.92 Å². The molecule has 2 bridgehead atoms. The average molecular weight is 256 g/mol. The van der Waals surface area contributed by atoms with Gasteiger partial charge in [0.15, 0.2) is 0 Å². The molecule has 2 fully saturated rings. The van der Waals surface area contributed by atoms with Crippen molar-refractivity contribution in [1.29, 1.82) is 0 Å². The van der Waals surface area contributed by atoms with E-state index in [4.69, 9.17) is 14.2 Å². The van der Waals surface area contributed by atoms with E-state index in [1.807, 2.05) is 0 Å².